The van der Waals surface area contributed by atoms with Gasteiger partial charge in [0.15, 0.2) is 0 Å². The number of aromatic nitrogens is 3. The van der Waals surface area contributed by atoms with Crippen LogP contribution >= 0.6 is 0 Å². The number of pyridine rings is 1. The van der Waals surface area contributed by atoms with Crippen molar-refractivity contribution in [2.45, 2.75) is 6.92 Å². The first kappa shape index (κ1) is 13.9. The summed E-state index contributed by atoms with van der Waals surface area (Å²) in [5.74, 6) is 0.505. The second-order valence-corrected chi connectivity index (χ2v) is 4.64. The molecule has 2 heterocycles. The Balaban J connectivity index is 2.02. The average molecular weight is 297 g/mol. The molecule has 0 aliphatic rings. The lowest BCUT2D eigenvalue weighted by molar-refractivity contribution is 0.168. The molecule has 0 saturated carbocycles. The number of anilines is 2. The van der Waals surface area contributed by atoms with Crippen LogP contribution in [-0.2, 0) is 4.74 Å². The highest BCUT2D eigenvalue weighted by Crippen LogP contribution is 2.30. The molecule has 3 rings (SSSR count). The van der Waals surface area contributed by atoms with Gasteiger partial charge in [0.25, 0.3) is 0 Å². The van der Waals surface area contributed by atoms with E-state index in [1.807, 2.05) is 24.3 Å². The van der Waals surface area contributed by atoms with Crippen molar-refractivity contribution >= 4 is 28.5 Å². The molecule has 112 valence electrons. The Labute approximate surface area is 126 Å². The summed E-state index contributed by atoms with van der Waals surface area (Å²) in [4.78, 5) is 15.7. The number of benzene rings is 1. The first-order valence-electron chi connectivity index (χ1n) is 6.81. The highest BCUT2D eigenvalue weighted by molar-refractivity contribution is 5.96. The minimum absolute atomic E-state index is 0.305. The number of carbonyl (C=O) groups excluding carboxylic acids is 1. The van der Waals surface area contributed by atoms with Gasteiger partial charge in [0.1, 0.15) is 5.82 Å². The van der Waals surface area contributed by atoms with E-state index in [9.17, 15) is 4.79 Å². The number of nitrogens with zero attached hydrogens (tertiary/aromatic N) is 2. The SMILES string of the molecule is CCOC(=O)Nc1cnccc1-c1ccc2n[nH]c(N)c2c1. The number of nitrogen functional groups attached to an aromatic ring is 1. The molecular weight excluding hydrogens is 282 g/mol. The maximum Gasteiger partial charge on any atom is 0.411 e. The van der Waals surface area contributed by atoms with Gasteiger partial charge in [-0.05, 0) is 30.7 Å². The zero-order valence-corrected chi connectivity index (χ0v) is 12.0. The number of nitrogens with one attached hydrogen (secondary N) is 2. The summed E-state index contributed by atoms with van der Waals surface area (Å²) in [6.45, 7) is 2.05. The molecule has 4 N–H and O–H groups in total. The van der Waals surface area contributed by atoms with Crippen LogP contribution in [0.25, 0.3) is 22.0 Å². The number of nitrogens with two attached hydrogens (primary N) is 1. The number of ether oxygens (including phenoxy) is 1. The first-order valence-corrected chi connectivity index (χ1v) is 6.81. The summed E-state index contributed by atoms with van der Waals surface area (Å²) < 4.78 is 4.90. The normalized spacial score (nSPS) is 10.6. The van der Waals surface area contributed by atoms with Gasteiger partial charge in [-0.1, -0.05) is 6.07 Å². The van der Waals surface area contributed by atoms with Crippen LogP contribution in [0.2, 0.25) is 0 Å². The molecule has 0 fully saturated rings. The summed E-state index contributed by atoms with van der Waals surface area (Å²) in [6, 6.07) is 7.51. The van der Waals surface area contributed by atoms with Gasteiger partial charge in [-0.25, -0.2) is 4.79 Å². The van der Waals surface area contributed by atoms with E-state index >= 15 is 0 Å². The molecule has 22 heavy (non-hydrogen) atoms. The van der Waals surface area contributed by atoms with E-state index in [2.05, 4.69) is 20.5 Å². The van der Waals surface area contributed by atoms with Crippen LogP contribution in [-0.4, -0.2) is 27.9 Å². The van der Waals surface area contributed by atoms with E-state index in [0.29, 0.717) is 18.1 Å². The highest BCUT2D eigenvalue weighted by Gasteiger charge is 2.11. The maximum absolute atomic E-state index is 11.6. The Morgan fingerprint density at radius 2 is 2.27 bits per heavy atom. The lowest BCUT2D eigenvalue weighted by Crippen LogP contribution is -2.14. The van der Waals surface area contributed by atoms with Gasteiger partial charge in [0, 0.05) is 17.1 Å². The van der Waals surface area contributed by atoms with E-state index in [1.165, 1.54) is 0 Å². The zero-order valence-electron chi connectivity index (χ0n) is 12.0. The number of hydrogen-bond donors (Lipinski definition) is 3. The topological polar surface area (TPSA) is 106 Å². The van der Waals surface area contributed by atoms with Crippen LogP contribution in [0.4, 0.5) is 16.3 Å². The molecule has 7 heteroatoms. The minimum Gasteiger partial charge on any atom is -0.450 e. The summed E-state index contributed by atoms with van der Waals surface area (Å²) in [5, 5.41) is 10.4. The first-order chi connectivity index (χ1) is 10.7. The summed E-state index contributed by atoms with van der Waals surface area (Å²) in [5.41, 5.74) is 8.94. The fourth-order valence-corrected chi connectivity index (χ4v) is 2.22. The maximum atomic E-state index is 11.6. The molecule has 0 unspecified atom stereocenters. The Hall–Kier alpha value is -3.09. The van der Waals surface area contributed by atoms with Gasteiger partial charge < -0.3 is 10.5 Å². The molecule has 1 amide bonds. The van der Waals surface area contributed by atoms with Crippen molar-refractivity contribution in [2.75, 3.05) is 17.7 Å². The molecule has 0 aliphatic carbocycles. The van der Waals surface area contributed by atoms with E-state index in [0.717, 1.165) is 22.0 Å². The van der Waals surface area contributed by atoms with Gasteiger partial charge in [0.05, 0.1) is 24.0 Å². The van der Waals surface area contributed by atoms with Crippen LogP contribution in [0.5, 0.6) is 0 Å². The molecule has 0 radical (unpaired) electrons. The van der Waals surface area contributed by atoms with Crippen molar-refractivity contribution in [2.24, 2.45) is 0 Å². The van der Waals surface area contributed by atoms with E-state index in [4.69, 9.17) is 10.5 Å². The monoisotopic (exact) mass is 297 g/mol. The fraction of sp³-hybridized carbons (Fsp3) is 0.133. The van der Waals surface area contributed by atoms with Gasteiger partial charge in [0.2, 0.25) is 0 Å². The highest BCUT2D eigenvalue weighted by atomic mass is 16.5. The second-order valence-electron chi connectivity index (χ2n) is 4.64. The van der Waals surface area contributed by atoms with E-state index < -0.39 is 6.09 Å². The third kappa shape index (κ3) is 2.56. The van der Waals surface area contributed by atoms with Crippen molar-refractivity contribution in [3.63, 3.8) is 0 Å². The molecule has 0 saturated heterocycles. The van der Waals surface area contributed by atoms with Gasteiger partial charge in [-0.3, -0.25) is 15.4 Å². The largest absolute Gasteiger partial charge is 0.450 e. The Morgan fingerprint density at radius 3 is 3.09 bits per heavy atom. The van der Waals surface area contributed by atoms with Crippen LogP contribution in [0.15, 0.2) is 36.7 Å². The third-order valence-electron chi connectivity index (χ3n) is 3.23. The van der Waals surface area contributed by atoms with Crippen LogP contribution in [0.3, 0.4) is 0 Å². The van der Waals surface area contributed by atoms with Gasteiger partial charge in [-0.2, -0.15) is 5.10 Å². The number of aromatic amines is 1. The zero-order chi connectivity index (χ0) is 15.5. The molecule has 0 bridgehead atoms. The van der Waals surface area contributed by atoms with Crippen LogP contribution in [0.1, 0.15) is 6.92 Å². The third-order valence-corrected chi connectivity index (χ3v) is 3.23. The second kappa shape index (κ2) is 5.72. The molecule has 0 spiro atoms. The number of amides is 1. The number of rotatable bonds is 3. The molecule has 0 atom stereocenters. The van der Waals surface area contributed by atoms with Crippen molar-refractivity contribution in [3.8, 4) is 11.1 Å². The molecule has 0 aliphatic heterocycles. The number of hydrogen-bond acceptors (Lipinski definition) is 5. The van der Waals surface area contributed by atoms with Crippen molar-refractivity contribution in [1.29, 1.82) is 0 Å². The molecule has 2 aromatic heterocycles. The smallest absolute Gasteiger partial charge is 0.411 e. The van der Waals surface area contributed by atoms with E-state index in [-0.39, 0.29) is 0 Å². The lowest BCUT2D eigenvalue weighted by Gasteiger charge is -2.10. The van der Waals surface area contributed by atoms with E-state index in [1.54, 1.807) is 19.3 Å². The fourth-order valence-electron chi connectivity index (χ4n) is 2.22. The number of H-pyrrole nitrogens is 1. The van der Waals surface area contributed by atoms with Gasteiger partial charge >= 0.3 is 6.09 Å². The van der Waals surface area contributed by atoms with Crippen LogP contribution in [0, 0.1) is 0 Å². The number of carbonyl (C=O) groups is 1. The molecular formula is C15H15N5O2. The Bertz CT molecular complexity index is 828. The molecule has 7 nitrogen and oxygen atoms in total. The standard InChI is InChI=1S/C15H15N5O2/c1-2-22-15(21)18-13-8-17-6-5-10(13)9-3-4-12-11(7-9)14(16)20-19-12/h3-8H,2H2,1H3,(H,18,21)(H3,16,19,20). The summed E-state index contributed by atoms with van der Waals surface area (Å²) >= 11 is 0. The van der Waals surface area contributed by atoms with Crippen molar-refractivity contribution in [3.05, 3.63) is 36.7 Å². The quantitative estimate of drug-likeness (QED) is 0.689. The number of fused-ring (bicyclic) bond motifs is 1. The van der Waals surface area contributed by atoms with Gasteiger partial charge in [-0.15, -0.1) is 0 Å². The lowest BCUT2D eigenvalue weighted by atomic mass is 10.0. The Morgan fingerprint density at radius 1 is 1.41 bits per heavy atom. The van der Waals surface area contributed by atoms with Crippen molar-refractivity contribution in [1.82, 2.24) is 15.2 Å². The average Bonchev–Trinajstić information content (AvgIpc) is 2.89. The Kier molecular flexibility index (Phi) is 3.61. The minimum atomic E-state index is -0.513. The predicted molar refractivity (Wildman–Crippen MR) is 84.4 cm³/mol. The predicted octanol–water partition coefficient (Wildman–Crippen LogP) is 2.78. The molecule has 3 aromatic rings. The van der Waals surface area contributed by atoms with Crippen LogP contribution < -0.4 is 11.1 Å². The van der Waals surface area contributed by atoms with Crippen molar-refractivity contribution < 1.29 is 9.53 Å². The molecule has 1 aromatic carbocycles. The summed E-state index contributed by atoms with van der Waals surface area (Å²) in [7, 11) is 0. The summed E-state index contributed by atoms with van der Waals surface area (Å²) in [6.07, 6.45) is 2.73.